The predicted molar refractivity (Wildman–Crippen MR) is 51.5 cm³/mol. The molecule has 3 nitrogen and oxygen atoms in total. The van der Waals surface area contributed by atoms with Crippen molar-refractivity contribution < 1.29 is 4.84 Å². The highest BCUT2D eigenvalue weighted by molar-refractivity contribution is 9.18. The van der Waals surface area contributed by atoms with Gasteiger partial charge in [0.15, 0.2) is 0 Å². The Morgan fingerprint density at radius 3 is 2.83 bits per heavy atom. The molecule has 2 heterocycles. The Bertz CT molecular complexity index is 189. The molecule has 68 valence electrons. The zero-order valence-electron chi connectivity index (χ0n) is 7.00. The van der Waals surface area contributed by atoms with Crippen molar-refractivity contribution in [1.29, 1.82) is 0 Å². The average molecular weight is 233 g/mol. The smallest absolute Gasteiger partial charge is 0.146 e. The summed E-state index contributed by atoms with van der Waals surface area (Å²) in [5.74, 6) is 0. The predicted octanol–water partition coefficient (Wildman–Crippen LogP) is 1.58. The van der Waals surface area contributed by atoms with Crippen LogP contribution >= 0.6 is 15.9 Å². The van der Waals surface area contributed by atoms with Gasteiger partial charge in [0.25, 0.3) is 0 Å². The van der Waals surface area contributed by atoms with Gasteiger partial charge >= 0.3 is 0 Å². The lowest BCUT2D eigenvalue weighted by Crippen LogP contribution is -2.29. The van der Waals surface area contributed by atoms with Crippen LogP contribution in [0.4, 0.5) is 0 Å². The molecule has 0 aliphatic carbocycles. The second-order valence-corrected chi connectivity index (χ2v) is 4.32. The molecule has 1 atom stereocenters. The first-order valence-corrected chi connectivity index (χ1v) is 5.24. The van der Waals surface area contributed by atoms with Gasteiger partial charge in [-0.1, -0.05) is 5.16 Å². The fourth-order valence-corrected chi connectivity index (χ4v) is 2.19. The summed E-state index contributed by atoms with van der Waals surface area (Å²) in [5, 5.41) is 3.87. The van der Waals surface area contributed by atoms with Gasteiger partial charge in [-0.15, -0.1) is 0 Å². The van der Waals surface area contributed by atoms with E-state index >= 15 is 0 Å². The van der Waals surface area contributed by atoms with E-state index in [0.29, 0.717) is 0 Å². The van der Waals surface area contributed by atoms with E-state index in [-0.39, 0.29) is 6.10 Å². The molecular weight excluding hydrogens is 220 g/mol. The molecule has 0 N–H and O–H groups in total. The van der Waals surface area contributed by atoms with Gasteiger partial charge in [-0.2, -0.15) is 0 Å². The van der Waals surface area contributed by atoms with Crippen LogP contribution in [0.2, 0.25) is 0 Å². The van der Waals surface area contributed by atoms with Crippen LogP contribution in [0.3, 0.4) is 0 Å². The average Bonchev–Trinajstić information content (AvgIpc) is 2.63. The van der Waals surface area contributed by atoms with E-state index in [1.54, 1.807) is 0 Å². The van der Waals surface area contributed by atoms with Crippen molar-refractivity contribution in [2.75, 3.05) is 19.6 Å². The number of hydrogen-bond acceptors (Lipinski definition) is 3. The van der Waals surface area contributed by atoms with Gasteiger partial charge in [0, 0.05) is 13.0 Å². The number of likely N-dealkylation sites (tertiary alicyclic amines) is 1. The molecule has 0 aromatic carbocycles. The van der Waals surface area contributed by atoms with E-state index < -0.39 is 0 Å². The molecule has 0 aromatic heterocycles. The van der Waals surface area contributed by atoms with E-state index in [4.69, 9.17) is 4.84 Å². The highest BCUT2D eigenvalue weighted by atomic mass is 79.9. The fourth-order valence-electron chi connectivity index (χ4n) is 1.75. The van der Waals surface area contributed by atoms with Crippen LogP contribution in [0.15, 0.2) is 5.16 Å². The van der Waals surface area contributed by atoms with Gasteiger partial charge in [0.05, 0.1) is 0 Å². The molecule has 0 amide bonds. The van der Waals surface area contributed by atoms with E-state index in [0.717, 1.165) is 17.6 Å². The topological polar surface area (TPSA) is 24.8 Å². The first kappa shape index (κ1) is 8.51. The van der Waals surface area contributed by atoms with E-state index in [1.165, 1.54) is 25.9 Å². The molecule has 1 saturated heterocycles. The van der Waals surface area contributed by atoms with Crippen molar-refractivity contribution in [2.24, 2.45) is 5.16 Å². The fraction of sp³-hybridized carbons (Fsp3) is 0.875. The first-order valence-electron chi connectivity index (χ1n) is 4.45. The quantitative estimate of drug-likeness (QED) is 0.723. The molecule has 0 spiro atoms. The van der Waals surface area contributed by atoms with Crippen molar-refractivity contribution in [3.8, 4) is 0 Å². The molecule has 0 unspecified atom stereocenters. The number of oxime groups is 1. The third kappa shape index (κ3) is 1.98. The molecule has 0 bridgehead atoms. The maximum absolute atomic E-state index is 5.23. The lowest BCUT2D eigenvalue weighted by Gasteiger charge is -2.17. The summed E-state index contributed by atoms with van der Waals surface area (Å²) in [4.78, 5) is 7.68. The highest BCUT2D eigenvalue weighted by Gasteiger charge is 2.23. The summed E-state index contributed by atoms with van der Waals surface area (Å²) in [6, 6.07) is 0. The number of halogens is 1. The summed E-state index contributed by atoms with van der Waals surface area (Å²) >= 11 is 3.33. The van der Waals surface area contributed by atoms with Gasteiger partial charge < -0.3 is 4.84 Å². The molecule has 12 heavy (non-hydrogen) atoms. The third-order valence-electron chi connectivity index (χ3n) is 2.36. The van der Waals surface area contributed by atoms with Crippen molar-refractivity contribution in [2.45, 2.75) is 25.4 Å². The zero-order chi connectivity index (χ0) is 8.39. The Morgan fingerprint density at radius 1 is 1.50 bits per heavy atom. The van der Waals surface area contributed by atoms with Crippen LogP contribution in [0.25, 0.3) is 0 Å². The van der Waals surface area contributed by atoms with Crippen molar-refractivity contribution in [3.63, 3.8) is 0 Å². The Morgan fingerprint density at radius 2 is 2.25 bits per heavy atom. The molecule has 2 rings (SSSR count). The summed E-state index contributed by atoms with van der Waals surface area (Å²) in [6.45, 7) is 3.51. The number of nitrogens with zero attached hydrogens (tertiary/aromatic N) is 2. The van der Waals surface area contributed by atoms with Gasteiger partial charge in [-0.3, -0.25) is 4.90 Å². The minimum Gasteiger partial charge on any atom is -0.390 e. The van der Waals surface area contributed by atoms with Gasteiger partial charge in [0.1, 0.15) is 10.7 Å². The van der Waals surface area contributed by atoms with Crippen LogP contribution < -0.4 is 0 Å². The van der Waals surface area contributed by atoms with Crippen molar-refractivity contribution in [1.82, 2.24) is 4.90 Å². The van der Waals surface area contributed by atoms with Crippen molar-refractivity contribution >= 4 is 20.6 Å². The van der Waals surface area contributed by atoms with Crippen LogP contribution in [0.1, 0.15) is 19.3 Å². The Labute approximate surface area is 80.9 Å². The zero-order valence-corrected chi connectivity index (χ0v) is 8.59. The Hall–Kier alpha value is -0.0900. The maximum Gasteiger partial charge on any atom is 0.146 e. The summed E-state index contributed by atoms with van der Waals surface area (Å²) in [6.07, 6.45) is 3.91. The minimum atomic E-state index is 0.289. The maximum atomic E-state index is 5.23. The van der Waals surface area contributed by atoms with Crippen LogP contribution in [-0.4, -0.2) is 35.3 Å². The molecule has 0 aromatic rings. The van der Waals surface area contributed by atoms with Gasteiger partial charge in [-0.25, -0.2) is 0 Å². The van der Waals surface area contributed by atoms with E-state index in [2.05, 4.69) is 26.0 Å². The summed E-state index contributed by atoms with van der Waals surface area (Å²) < 4.78 is 0.951. The SMILES string of the molecule is BrC1=NO[C@H](CN2CCCC2)C1. The molecule has 0 radical (unpaired) electrons. The van der Waals surface area contributed by atoms with E-state index in [9.17, 15) is 0 Å². The van der Waals surface area contributed by atoms with Crippen LogP contribution in [0, 0.1) is 0 Å². The molecule has 0 saturated carbocycles. The largest absolute Gasteiger partial charge is 0.390 e. The standard InChI is InChI=1S/C8H13BrN2O/c9-8-5-7(12-10-8)6-11-3-1-2-4-11/h7H,1-6H2/t7-/m0/s1. The molecule has 2 aliphatic rings. The van der Waals surface area contributed by atoms with E-state index in [1.807, 2.05) is 0 Å². The number of hydrogen-bond donors (Lipinski definition) is 0. The molecule has 4 heteroatoms. The Balaban J connectivity index is 1.74. The second kappa shape index (κ2) is 3.75. The summed E-state index contributed by atoms with van der Waals surface area (Å²) in [7, 11) is 0. The van der Waals surface area contributed by atoms with Crippen LogP contribution in [-0.2, 0) is 4.84 Å². The van der Waals surface area contributed by atoms with Crippen LogP contribution in [0.5, 0.6) is 0 Å². The lowest BCUT2D eigenvalue weighted by atomic mass is 10.2. The molecule has 1 fully saturated rings. The summed E-state index contributed by atoms with van der Waals surface area (Å²) in [5.41, 5.74) is 0. The van der Waals surface area contributed by atoms with Crippen molar-refractivity contribution in [3.05, 3.63) is 0 Å². The Kier molecular flexibility index (Phi) is 2.66. The molecular formula is C8H13BrN2O. The normalized spacial score (nSPS) is 30.4. The second-order valence-electron chi connectivity index (χ2n) is 3.41. The minimum absolute atomic E-state index is 0.289. The highest BCUT2D eigenvalue weighted by Crippen LogP contribution is 2.17. The lowest BCUT2D eigenvalue weighted by molar-refractivity contribution is 0.0589. The first-order chi connectivity index (χ1) is 5.84. The number of rotatable bonds is 2. The monoisotopic (exact) mass is 232 g/mol. The molecule has 2 aliphatic heterocycles. The van der Waals surface area contributed by atoms with Gasteiger partial charge in [0.2, 0.25) is 0 Å². The van der Waals surface area contributed by atoms with Gasteiger partial charge in [-0.05, 0) is 41.9 Å². The third-order valence-corrected chi connectivity index (χ3v) is 2.83.